The normalized spacial score (nSPS) is 13.7. The Morgan fingerprint density at radius 1 is 0.857 bits per heavy atom. The van der Waals surface area contributed by atoms with E-state index in [0.717, 1.165) is 16.5 Å². The van der Waals surface area contributed by atoms with E-state index in [1.54, 1.807) is 26.4 Å². The number of ether oxygens (including phenoxy) is 2. The number of para-hydroxylation sites is 2. The van der Waals surface area contributed by atoms with E-state index >= 15 is 0 Å². The Bertz CT molecular complexity index is 1380. The van der Waals surface area contributed by atoms with Gasteiger partial charge in [0.2, 0.25) is 0 Å². The number of carbonyl (C=O) groups excluding carboxylic acids is 1. The van der Waals surface area contributed by atoms with Gasteiger partial charge in [0, 0.05) is 37.1 Å². The first-order chi connectivity index (χ1) is 17.1. The van der Waals surface area contributed by atoms with Gasteiger partial charge in [-0.15, -0.1) is 0 Å². The summed E-state index contributed by atoms with van der Waals surface area (Å²) in [4.78, 5) is 22.3. The van der Waals surface area contributed by atoms with Crippen LogP contribution in [-0.2, 0) is 0 Å². The SMILES string of the molecule is COc1ccc(-c2cc(C(=O)N3CCN(c4ccccc4F)CC3)c3ccccc3n2)cc1OC. The summed E-state index contributed by atoms with van der Waals surface area (Å²) in [6.45, 7) is 2.15. The maximum atomic E-state index is 14.2. The van der Waals surface area contributed by atoms with Crippen molar-refractivity contribution in [3.05, 3.63) is 84.2 Å². The van der Waals surface area contributed by atoms with Crippen molar-refractivity contribution in [2.75, 3.05) is 45.3 Å². The molecule has 0 N–H and O–H groups in total. The molecular weight excluding hydrogens is 445 g/mol. The summed E-state index contributed by atoms with van der Waals surface area (Å²) in [5.41, 5.74) is 3.42. The first kappa shape index (κ1) is 22.7. The molecule has 1 aromatic heterocycles. The van der Waals surface area contributed by atoms with E-state index < -0.39 is 0 Å². The van der Waals surface area contributed by atoms with Gasteiger partial charge in [0.1, 0.15) is 5.82 Å². The van der Waals surface area contributed by atoms with Crippen LogP contribution < -0.4 is 14.4 Å². The second-order valence-electron chi connectivity index (χ2n) is 8.37. The summed E-state index contributed by atoms with van der Waals surface area (Å²) in [5.74, 6) is 0.920. The molecule has 178 valence electrons. The number of hydrogen-bond acceptors (Lipinski definition) is 5. The predicted octanol–water partition coefficient (Wildman–Crippen LogP) is 5.02. The number of hydrogen-bond donors (Lipinski definition) is 0. The molecule has 35 heavy (non-hydrogen) atoms. The van der Waals surface area contributed by atoms with E-state index in [1.807, 2.05) is 64.4 Å². The summed E-state index contributed by atoms with van der Waals surface area (Å²) < 4.78 is 25.0. The number of piperazine rings is 1. The van der Waals surface area contributed by atoms with E-state index in [1.165, 1.54) is 6.07 Å². The Morgan fingerprint density at radius 2 is 1.57 bits per heavy atom. The Hall–Kier alpha value is -4.13. The van der Waals surface area contributed by atoms with Crippen LogP contribution in [0.25, 0.3) is 22.2 Å². The average Bonchev–Trinajstić information content (AvgIpc) is 2.92. The molecular formula is C28H26FN3O3. The molecule has 1 fully saturated rings. The molecule has 2 heterocycles. The largest absolute Gasteiger partial charge is 0.493 e. The van der Waals surface area contributed by atoms with E-state index in [4.69, 9.17) is 14.5 Å². The van der Waals surface area contributed by atoms with E-state index in [9.17, 15) is 9.18 Å². The van der Waals surface area contributed by atoms with Crippen molar-refractivity contribution >= 4 is 22.5 Å². The van der Waals surface area contributed by atoms with Crippen molar-refractivity contribution in [3.63, 3.8) is 0 Å². The molecule has 6 nitrogen and oxygen atoms in total. The topological polar surface area (TPSA) is 54.9 Å². The molecule has 4 aromatic rings. The molecule has 0 atom stereocenters. The fraction of sp³-hybridized carbons (Fsp3) is 0.214. The molecule has 5 rings (SSSR count). The number of anilines is 1. The molecule has 1 saturated heterocycles. The van der Waals surface area contributed by atoms with Crippen LogP contribution in [0.5, 0.6) is 11.5 Å². The van der Waals surface area contributed by atoms with Gasteiger partial charge in [-0.2, -0.15) is 0 Å². The van der Waals surface area contributed by atoms with Gasteiger partial charge in [-0.3, -0.25) is 4.79 Å². The van der Waals surface area contributed by atoms with Crippen LogP contribution >= 0.6 is 0 Å². The molecule has 0 unspecified atom stereocenters. The van der Waals surface area contributed by atoms with Crippen LogP contribution in [0.2, 0.25) is 0 Å². The number of nitrogens with zero attached hydrogens (tertiary/aromatic N) is 3. The monoisotopic (exact) mass is 471 g/mol. The number of methoxy groups -OCH3 is 2. The zero-order valence-corrected chi connectivity index (χ0v) is 19.7. The van der Waals surface area contributed by atoms with Crippen LogP contribution in [-0.4, -0.2) is 56.2 Å². The van der Waals surface area contributed by atoms with Crippen molar-refractivity contribution in [1.82, 2.24) is 9.88 Å². The highest BCUT2D eigenvalue weighted by Crippen LogP contribution is 2.33. The summed E-state index contributed by atoms with van der Waals surface area (Å²) in [6.07, 6.45) is 0. The van der Waals surface area contributed by atoms with Crippen molar-refractivity contribution in [3.8, 4) is 22.8 Å². The molecule has 0 bridgehead atoms. The number of fused-ring (bicyclic) bond motifs is 1. The van der Waals surface area contributed by atoms with E-state index in [-0.39, 0.29) is 11.7 Å². The first-order valence-corrected chi connectivity index (χ1v) is 11.5. The lowest BCUT2D eigenvalue weighted by molar-refractivity contribution is 0.0748. The number of rotatable bonds is 5. The minimum atomic E-state index is -0.244. The number of aromatic nitrogens is 1. The van der Waals surface area contributed by atoms with Gasteiger partial charge in [0.25, 0.3) is 5.91 Å². The zero-order chi connectivity index (χ0) is 24.4. The lowest BCUT2D eigenvalue weighted by atomic mass is 10.0. The summed E-state index contributed by atoms with van der Waals surface area (Å²) in [5, 5.41) is 0.804. The van der Waals surface area contributed by atoms with Gasteiger partial charge in [-0.05, 0) is 42.5 Å². The van der Waals surface area contributed by atoms with Gasteiger partial charge in [0.05, 0.1) is 36.7 Å². The standard InChI is InChI=1S/C28H26FN3O3/c1-34-26-12-11-19(17-27(26)35-2)24-18-21(20-7-3-5-9-23(20)30-24)28(33)32-15-13-31(14-16-32)25-10-6-4-8-22(25)29/h3-12,17-18H,13-16H2,1-2H3. The molecule has 1 aliphatic heterocycles. The summed E-state index contributed by atoms with van der Waals surface area (Å²) in [6, 6.07) is 21.8. The van der Waals surface area contributed by atoms with Crippen LogP contribution in [0.15, 0.2) is 72.8 Å². The third-order valence-electron chi connectivity index (χ3n) is 6.39. The fourth-order valence-electron chi connectivity index (χ4n) is 4.52. The predicted molar refractivity (Wildman–Crippen MR) is 135 cm³/mol. The smallest absolute Gasteiger partial charge is 0.254 e. The van der Waals surface area contributed by atoms with Crippen molar-refractivity contribution in [2.24, 2.45) is 0 Å². The third-order valence-corrected chi connectivity index (χ3v) is 6.39. The lowest BCUT2D eigenvalue weighted by Crippen LogP contribution is -2.49. The maximum Gasteiger partial charge on any atom is 0.254 e. The number of halogens is 1. The maximum absolute atomic E-state index is 14.2. The number of benzene rings is 3. The average molecular weight is 472 g/mol. The quantitative estimate of drug-likeness (QED) is 0.409. The first-order valence-electron chi connectivity index (χ1n) is 11.5. The Labute approximate surface area is 203 Å². The highest BCUT2D eigenvalue weighted by Gasteiger charge is 2.25. The van der Waals surface area contributed by atoms with E-state index in [0.29, 0.717) is 54.6 Å². The minimum absolute atomic E-state index is 0.0569. The number of amides is 1. The molecule has 7 heteroatoms. The van der Waals surface area contributed by atoms with Gasteiger partial charge in [-0.1, -0.05) is 30.3 Å². The van der Waals surface area contributed by atoms with Crippen molar-refractivity contribution in [2.45, 2.75) is 0 Å². The minimum Gasteiger partial charge on any atom is -0.493 e. The molecule has 0 saturated carbocycles. The number of pyridine rings is 1. The van der Waals surface area contributed by atoms with Crippen LogP contribution in [0, 0.1) is 5.82 Å². The molecule has 1 aliphatic rings. The van der Waals surface area contributed by atoms with Gasteiger partial charge in [0.15, 0.2) is 11.5 Å². The molecule has 0 spiro atoms. The second kappa shape index (κ2) is 9.62. The summed E-state index contributed by atoms with van der Waals surface area (Å²) in [7, 11) is 3.18. The third kappa shape index (κ3) is 4.37. The Morgan fingerprint density at radius 3 is 2.31 bits per heavy atom. The van der Waals surface area contributed by atoms with Crippen molar-refractivity contribution in [1.29, 1.82) is 0 Å². The van der Waals surface area contributed by atoms with Crippen LogP contribution in [0.1, 0.15) is 10.4 Å². The lowest BCUT2D eigenvalue weighted by Gasteiger charge is -2.36. The fourth-order valence-corrected chi connectivity index (χ4v) is 4.52. The molecule has 1 amide bonds. The second-order valence-corrected chi connectivity index (χ2v) is 8.37. The van der Waals surface area contributed by atoms with Gasteiger partial charge in [-0.25, -0.2) is 9.37 Å². The van der Waals surface area contributed by atoms with E-state index in [2.05, 4.69) is 0 Å². The Balaban J connectivity index is 1.46. The molecule has 0 aliphatic carbocycles. The molecule has 3 aromatic carbocycles. The number of carbonyl (C=O) groups is 1. The van der Waals surface area contributed by atoms with Crippen LogP contribution in [0.3, 0.4) is 0 Å². The zero-order valence-electron chi connectivity index (χ0n) is 19.7. The molecule has 0 radical (unpaired) electrons. The van der Waals surface area contributed by atoms with Crippen molar-refractivity contribution < 1.29 is 18.7 Å². The van der Waals surface area contributed by atoms with Crippen LogP contribution in [0.4, 0.5) is 10.1 Å². The summed E-state index contributed by atoms with van der Waals surface area (Å²) >= 11 is 0. The highest BCUT2D eigenvalue weighted by atomic mass is 19.1. The van der Waals surface area contributed by atoms with Gasteiger partial charge >= 0.3 is 0 Å². The highest BCUT2D eigenvalue weighted by molar-refractivity contribution is 6.07. The van der Waals surface area contributed by atoms with Gasteiger partial charge < -0.3 is 19.3 Å². The Kier molecular flexibility index (Phi) is 6.23.